The third-order valence-electron chi connectivity index (χ3n) is 4.55. The van der Waals surface area contributed by atoms with Crippen LogP contribution in [0.5, 0.6) is 0 Å². The number of amides is 2. The van der Waals surface area contributed by atoms with Gasteiger partial charge in [-0.05, 0) is 24.3 Å². The Morgan fingerprint density at radius 3 is 2.76 bits per heavy atom. The molecule has 1 aliphatic rings. The molecule has 11 heteroatoms. The van der Waals surface area contributed by atoms with Gasteiger partial charge in [0.2, 0.25) is 5.95 Å². The molecule has 1 aliphatic heterocycles. The Hall–Kier alpha value is -3.63. The number of hydrogen-bond donors (Lipinski definition) is 2. The molecule has 150 valence electrons. The van der Waals surface area contributed by atoms with E-state index in [4.69, 9.17) is 0 Å². The number of aromatic nitrogens is 4. The van der Waals surface area contributed by atoms with Gasteiger partial charge in [0.1, 0.15) is 6.33 Å². The molecule has 1 aromatic carbocycles. The molecule has 0 radical (unpaired) electrons. The van der Waals surface area contributed by atoms with Crippen molar-refractivity contribution < 1.29 is 18.0 Å². The number of hydrogen-bond acceptors (Lipinski definition) is 5. The van der Waals surface area contributed by atoms with Gasteiger partial charge in [-0.2, -0.15) is 23.3 Å². The van der Waals surface area contributed by atoms with E-state index in [9.17, 15) is 18.0 Å². The number of pyridine rings is 1. The van der Waals surface area contributed by atoms with Crippen LogP contribution >= 0.6 is 0 Å². The smallest absolute Gasteiger partial charge is 0.370 e. The summed E-state index contributed by atoms with van der Waals surface area (Å²) in [7, 11) is 1.86. The number of alkyl halides is 3. The summed E-state index contributed by atoms with van der Waals surface area (Å²) in [5.74, 6) is 0.537. The van der Waals surface area contributed by atoms with E-state index in [1.807, 2.05) is 11.9 Å². The van der Waals surface area contributed by atoms with E-state index < -0.39 is 17.8 Å². The van der Waals surface area contributed by atoms with Crippen LogP contribution in [-0.4, -0.2) is 46.3 Å². The topological polar surface area (TPSA) is 90.0 Å². The van der Waals surface area contributed by atoms with Gasteiger partial charge in [0.25, 0.3) is 0 Å². The standard InChI is InChI=1S/C18H16F3N7O/c1-27-7-8-28(17(29)25-16-22-10-23-26-16)15-14(27)6-5-13(24-15)11-3-2-4-12(9-11)18(19,20)21/h2-6,9-10H,7-8H2,1H3,(H2,22,23,25,26,29). The Kier molecular flexibility index (Phi) is 4.57. The molecule has 0 bridgehead atoms. The van der Waals surface area contributed by atoms with Crippen LogP contribution in [0.2, 0.25) is 0 Å². The van der Waals surface area contributed by atoms with E-state index in [1.165, 1.54) is 17.3 Å². The van der Waals surface area contributed by atoms with Gasteiger partial charge >= 0.3 is 12.2 Å². The van der Waals surface area contributed by atoms with Gasteiger partial charge in [0.05, 0.1) is 16.9 Å². The first kappa shape index (κ1) is 18.7. The molecule has 0 saturated heterocycles. The fourth-order valence-corrected chi connectivity index (χ4v) is 3.06. The first-order valence-corrected chi connectivity index (χ1v) is 8.66. The summed E-state index contributed by atoms with van der Waals surface area (Å²) >= 11 is 0. The second-order valence-corrected chi connectivity index (χ2v) is 6.46. The number of nitrogens with one attached hydrogen (secondary N) is 2. The van der Waals surface area contributed by atoms with Crippen LogP contribution in [0.4, 0.5) is 35.4 Å². The van der Waals surface area contributed by atoms with Crippen molar-refractivity contribution in [1.29, 1.82) is 0 Å². The number of H-pyrrole nitrogens is 1. The summed E-state index contributed by atoms with van der Waals surface area (Å²) in [6.45, 7) is 0.921. The summed E-state index contributed by atoms with van der Waals surface area (Å²) < 4.78 is 39.2. The molecule has 2 aromatic heterocycles. The van der Waals surface area contributed by atoms with Gasteiger partial charge in [-0.25, -0.2) is 14.9 Å². The Balaban J connectivity index is 1.71. The maximum atomic E-state index is 13.1. The highest BCUT2D eigenvalue weighted by molar-refractivity contribution is 6.03. The molecule has 0 aliphatic carbocycles. The molecule has 3 heterocycles. The lowest BCUT2D eigenvalue weighted by atomic mass is 10.1. The lowest BCUT2D eigenvalue weighted by Gasteiger charge is -2.34. The van der Waals surface area contributed by atoms with Crippen molar-refractivity contribution in [3.8, 4) is 11.3 Å². The minimum Gasteiger partial charge on any atom is -0.370 e. The zero-order valence-corrected chi connectivity index (χ0v) is 15.2. The van der Waals surface area contributed by atoms with Crippen LogP contribution in [0, 0.1) is 0 Å². The second kappa shape index (κ2) is 7.08. The quantitative estimate of drug-likeness (QED) is 0.685. The lowest BCUT2D eigenvalue weighted by Crippen LogP contribution is -2.45. The monoisotopic (exact) mass is 403 g/mol. The molecule has 2 amide bonds. The van der Waals surface area contributed by atoms with E-state index in [1.54, 1.807) is 18.2 Å². The highest BCUT2D eigenvalue weighted by atomic mass is 19.4. The van der Waals surface area contributed by atoms with Crippen molar-refractivity contribution in [2.75, 3.05) is 35.3 Å². The first-order chi connectivity index (χ1) is 13.8. The zero-order chi connectivity index (χ0) is 20.6. The fourth-order valence-electron chi connectivity index (χ4n) is 3.06. The number of likely N-dealkylation sites (N-methyl/N-ethyl adjacent to an activating group) is 1. The molecular weight excluding hydrogens is 387 g/mol. The summed E-state index contributed by atoms with van der Waals surface area (Å²) in [6.07, 6.45) is -3.19. The SMILES string of the molecule is CN1CCN(C(=O)Nc2ncn[nH]2)c2nc(-c3cccc(C(F)(F)F)c3)ccc21. The van der Waals surface area contributed by atoms with Gasteiger partial charge in [-0.15, -0.1) is 0 Å². The van der Waals surface area contributed by atoms with Gasteiger partial charge in [0.15, 0.2) is 5.82 Å². The molecule has 0 spiro atoms. The molecule has 4 rings (SSSR count). The van der Waals surface area contributed by atoms with Gasteiger partial charge in [-0.3, -0.25) is 10.2 Å². The van der Waals surface area contributed by atoms with Crippen molar-refractivity contribution in [3.63, 3.8) is 0 Å². The normalized spacial score (nSPS) is 13.9. The third-order valence-corrected chi connectivity index (χ3v) is 4.55. The van der Waals surface area contributed by atoms with Crippen LogP contribution in [-0.2, 0) is 6.18 Å². The third kappa shape index (κ3) is 3.71. The van der Waals surface area contributed by atoms with E-state index in [0.29, 0.717) is 35.9 Å². The number of halogens is 3. The molecule has 0 saturated carbocycles. The summed E-state index contributed by atoms with van der Waals surface area (Å²) in [4.78, 5) is 24.4. The summed E-state index contributed by atoms with van der Waals surface area (Å²) in [5.41, 5.74) is 0.584. The highest BCUT2D eigenvalue weighted by Crippen LogP contribution is 2.35. The fraction of sp³-hybridized carbons (Fsp3) is 0.222. The average molecular weight is 403 g/mol. The molecule has 8 nitrogen and oxygen atoms in total. The van der Waals surface area contributed by atoms with Crippen LogP contribution in [0.3, 0.4) is 0 Å². The highest BCUT2D eigenvalue weighted by Gasteiger charge is 2.31. The molecular formula is C18H16F3N7O. The molecule has 0 fully saturated rings. The van der Waals surface area contributed by atoms with Gasteiger partial charge in [-0.1, -0.05) is 12.1 Å². The zero-order valence-electron chi connectivity index (χ0n) is 15.2. The van der Waals surface area contributed by atoms with Crippen LogP contribution < -0.4 is 15.1 Å². The molecule has 0 unspecified atom stereocenters. The summed E-state index contributed by atoms with van der Waals surface area (Å²) in [5, 5.41) is 8.80. The van der Waals surface area contributed by atoms with Crippen molar-refractivity contribution >= 4 is 23.5 Å². The minimum absolute atomic E-state index is 0.185. The molecule has 2 N–H and O–H groups in total. The number of aromatic amines is 1. The summed E-state index contributed by atoms with van der Waals surface area (Å²) in [6, 6.07) is 7.85. The number of benzene rings is 1. The van der Waals surface area contributed by atoms with E-state index in [-0.39, 0.29) is 5.95 Å². The average Bonchev–Trinajstić information content (AvgIpc) is 3.20. The van der Waals surface area contributed by atoms with Gasteiger partial charge < -0.3 is 4.90 Å². The predicted molar refractivity (Wildman–Crippen MR) is 101 cm³/mol. The molecule has 3 aromatic rings. The number of carbonyl (C=O) groups is 1. The minimum atomic E-state index is -4.45. The number of fused-ring (bicyclic) bond motifs is 1. The van der Waals surface area contributed by atoms with Crippen molar-refractivity contribution in [3.05, 3.63) is 48.3 Å². The van der Waals surface area contributed by atoms with Crippen molar-refractivity contribution in [2.24, 2.45) is 0 Å². The Labute approximate surface area is 163 Å². The maximum absolute atomic E-state index is 13.1. The molecule has 0 atom stereocenters. The Bertz CT molecular complexity index is 1040. The number of nitrogens with zero attached hydrogens (tertiary/aromatic N) is 5. The van der Waals surface area contributed by atoms with Crippen LogP contribution in [0.25, 0.3) is 11.3 Å². The Morgan fingerprint density at radius 2 is 2.03 bits per heavy atom. The predicted octanol–water partition coefficient (Wildman–Crippen LogP) is 3.37. The number of urea groups is 1. The van der Waals surface area contributed by atoms with Gasteiger partial charge in [0, 0.05) is 25.7 Å². The second-order valence-electron chi connectivity index (χ2n) is 6.46. The van der Waals surface area contributed by atoms with E-state index >= 15 is 0 Å². The lowest BCUT2D eigenvalue weighted by molar-refractivity contribution is -0.137. The van der Waals surface area contributed by atoms with E-state index in [2.05, 4.69) is 25.5 Å². The number of carbonyl (C=O) groups excluding carboxylic acids is 1. The van der Waals surface area contributed by atoms with Crippen molar-refractivity contribution in [1.82, 2.24) is 20.2 Å². The molecule has 29 heavy (non-hydrogen) atoms. The number of anilines is 3. The Morgan fingerprint density at radius 1 is 1.21 bits per heavy atom. The van der Waals surface area contributed by atoms with Crippen LogP contribution in [0.1, 0.15) is 5.56 Å². The number of rotatable bonds is 2. The van der Waals surface area contributed by atoms with Crippen molar-refractivity contribution in [2.45, 2.75) is 6.18 Å². The maximum Gasteiger partial charge on any atom is 0.416 e. The van der Waals surface area contributed by atoms with E-state index in [0.717, 1.165) is 12.1 Å². The largest absolute Gasteiger partial charge is 0.416 e. The van der Waals surface area contributed by atoms with Crippen LogP contribution in [0.15, 0.2) is 42.7 Å². The first-order valence-electron chi connectivity index (χ1n) is 8.66.